The highest BCUT2D eigenvalue weighted by molar-refractivity contribution is 6.35. The number of para-hydroxylation sites is 1. The molecule has 0 unspecified atom stereocenters. The molecule has 2 aromatic carbocycles. The summed E-state index contributed by atoms with van der Waals surface area (Å²) >= 11 is 12.1. The van der Waals surface area contributed by atoms with Crippen molar-refractivity contribution in [2.24, 2.45) is 5.16 Å². The van der Waals surface area contributed by atoms with Crippen LogP contribution in [0.4, 0.5) is 0 Å². The Bertz CT molecular complexity index is 976. The number of fused-ring (bicyclic) bond motifs is 1. The van der Waals surface area contributed by atoms with Gasteiger partial charge in [0.05, 0.1) is 0 Å². The Balaban J connectivity index is 1.66. The van der Waals surface area contributed by atoms with Crippen LogP contribution in [0.5, 0.6) is 5.75 Å². The van der Waals surface area contributed by atoms with E-state index in [-0.39, 0.29) is 18.8 Å². The third-order valence-corrected chi connectivity index (χ3v) is 4.91. The topological polar surface area (TPSA) is 61.5 Å². The lowest BCUT2D eigenvalue weighted by molar-refractivity contribution is 0.120. The van der Waals surface area contributed by atoms with Gasteiger partial charge in [0.1, 0.15) is 42.9 Å². The van der Waals surface area contributed by atoms with Crippen LogP contribution < -0.4 is 4.74 Å². The van der Waals surface area contributed by atoms with Gasteiger partial charge in [0, 0.05) is 21.2 Å². The molecule has 0 spiro atoms. The molecule has 3 aromatic rings. The Hall–Kier alpha value is -2.57. The summed E-state index contributed by atoms with van der Waals surface area (Å²) in [5, 5.41) is 9.80. The maximum absolute atomic E-state index is 6.21. The predicted octanol–water partition coefficient (Wildman–Crippen LogP) is 4.53. The van der Waals surface area contributed by atoms with Gasteiger partial charge in [-0.3, -0.25) is 0 Å². The first-order chi connectivity index (χ1) is 13.1. The molecule has 2 atom stereocenters. The fourth-order valence-corrected chi connectivity index (χ4v) is 3.51. The van der Waals surface area contributed by atoms with E-state index in [9.17, 15) is 0 Å². The van der Waals surface area contributed by atoms with E-state index in [0.717, 1.165) is 22.6 Å². The van der Waals surface area contributed by atoms with Crippen LogP contribution in [0.3, 0.4) is 0 Å². The molecule has 1 aliphatic rings. The van der Waals surface area contributed by atoms with Crippen molar-refractivity contribution in [3.8, 4) is 5.75 Å². The number of nitrogens with zero attached hydrogens (tertiary/aromatic N) is 4. The van der Waals surface area contributed by atoms with Gasteiger partial charge < -0.3 is 9.57 Å². The minimum Gasteiger partial charge on any atom is -0.487 e. The zero-order valence-electron chi connectivity index (χ0n) is 14.4. The first kappa shape index (κ1) is 17.8. The number of rotatable bonds is 4. The molecule has 0 bridgehead atoms. The van der Waals surface area contributed by atoms with E-state index >= 15 is 0 Å². The highest BCUT2D eigenvalue weighted by atomic mass is 35.5. The van der Waals surface area contributed by atoms with E-state index in [4.69, 9.17) is 32.8 Å². The van der Waals surface area contributed by atoms with Gasteiger partial charge in [-0.05, 0) is 31.2 Å². The SMILES string of the molecule is C[C@@H]1Oc2ccccc2/C(=N\OCc2ccc(Cl)cc2Cl)[C@H]1n1cncn1. The molecule has 138 valence electrons. The first-order valence-electron chi connectivity index (χ1n) is 8.37. The lowest BCUT2D eigenvalue weighted by Crippen LogP contribution is -2.38. The van der Waals surface area contributed by atoms with E-state index in [1.54, 1.807) is 23.1 Å². The minimum absolute atomic E-state index is 0.192. The molecule has 1 aromatic heterocycles. The van der Waals surface area contributed by atoms with Crippen molar-refractivity contribution in [2.45, 2.75) is 25.7 Å². The number of oxime groups is 1. The average molecular weight is 403 g/mol. The monoisotopic (exact) mass is 402 g/mol. The minimum atomic E-state index is -0.261. The molecule has 0 amide bonds. The number of benzene rings is 2. The van der Waals surface area contributed by atoms with Crippen LogP contribution in [-0.4, -0.2) is 26.6 Å². The summed E-state index contributed by atoms with van der Waals surface area (Å²) in [6.07, 6.45) is 2.94. The van der Waals surface area contributed by atoms with Crippen LogP contribution >= 0.6 is 23.2 Å². The molecule has 0 fully saturated rings. The van der Waals surface area contributed by atoms with Crippen molar-refractivity contribution in [3.05, 3.63) is 76.3 Å². The highest BCUT2D eigenvalue weighted by Crippen LogP contribution is 2.33. The van der Waals surface area contributed by atoms with Crippen LogP contribution in [0.1, 0.15) is 24.1 Å². The summed E-state index contributed by atoms with van der Waals surface area (Å²) < 4.78 is 7.75. The number of aromatic nitrogens is 3. The van der Waals surface area contributed by atoms with Gasteiger partial charge in [-0.15, -0.1) is 0 Å². The second kappa shape index (κ2) is 7.58. The van der Waals surface area contributed by atoms with E-state index in [1.807, 2.05) is 37.3 Å². The number of hydrogen-bond donors (Lipinski definition) is 0. The van der Waals surface area contributed by atoms with Crippen molar-refractivity contribution in [1.29, 1.82) is 0 Å². The van der Waals surface area contributed by atoms with Crippen molar-refractivity contribution in [2.75, 3.05) is 0 Å². The first-order valence-corrected chi connectivity index (χ1v) is 9.13. The zero-order valence-corrected chi connectivity index (χ0v) is 15.9. The molecule has 0 saturated carbocycles. The second-order valence-electron chi connectivity index (χ2n) is 6.13. The van der Waals surface area contributed by atoms with E-state index in [1.165, 1.54) is 6.33 Å². The summed E-state index contributed by atoms with van der Waals surface area (Å²) in [6.45, 7) is 2.19. The molecule has 4 rings (SSSR count). The molecule has 8 heteroatoms. The van der Waals surface area contributed by atoms with Gasteiger partial charge in [-0.2, -0.15) is 5.10 Å². The molecule has 0 radical (unpaired) electrons. The molecule has 27 heavy (non-hydrogen) atoms. The van der Waals surface area contributed by atoms with Gasteiger partial charge in [0.2, 0.25) is 0 Å². The molecule has 2 heterocycles. The largest absolute Gasteiger partial charge is 0.487 e. The standard InChI is InChI=1S/C19H16Cl2N4O2/c1-12-19(25-11-22-10-23-25)18(15-4-2-3-5-17(15)27-12)24-26-9-13-6-7-14(20)8-16(13)21/h2-8,10-12,19H,9H2,1H3/b24-18+/t12-,19-/m0/s1. The van der Waals surface area contributed by atoms with Gasteiger partial charge in [0.15, 0.2) is 0 Å². The fourth-order valence-electron chi connectivity index (χ4n) is 3.04. The zero-order chi connectivity index (χ0) is 18.8. The lowest BCUT2D eigenvalue weighted by Gasteiger charge is -2.32. The molecule has 0 aliphatic carbocycles. The molecular weight excluding hydrogens is 387 g/mol. The lowest BCUT2D eigenvalue weighted by atomic mass is 9.95. The van der Waals surface area contributed by atoms with E-state index < -0.39 is 0 Å². The van der Waals surface area contributed by atoms with Crippen LogP contribution in [0.15, 0.2) is 60.3 Å². The van der Waals surface area contributed by atoms with Crippen molar-refractivity contribution >= 4 is 28.9 Å². The molecule has 6 nitrogen and oxygen atoms in total. The maximum atomic E-state index is 6.21. The second-order valence-corrected chi connectivity index (χ2v) is 6.97. The number of ether oxygens (including phenoxy) is 1. The van der Waals surface area contributed by atoms with Gasteiger partial charge in [-0.25, -0.2) is 9.67 Å². The maximum Gasteiger partial charge on any atom is 0.143 e. The van der Waals surface area contributed by atoms with Gasteiger partial charge in [-0.1, -0.05) is 46.6 Å². The third kappa shape index (κ3) is 3.63. The van der Waals surface area contributed by atoms with Crippen LogP contribution in [0.2, 0.25) is 10.0 Å². The van der Waals surface area contributed by atoms with Gasteiger partial charge >= 0.3 is 0 Å². The molecule has 1 aliphatic heterocycles. The Morgan fingerprint density at radius 2 is 2.07 bits per heavy atom. The highest BCUT2D eigenvalue weighted by Gasteiger charge is 2.35. The Labute approximate surface area is 166 Å². The van der Waals surface area contributed by atoms with E-state index in [0.29, 0.717) is 10.0 Å². The average Bonchev–Trinajstić information content (AvgIpc) is 3.17. The Morgan fingerprint density at radius 3 is 2.85 bits per heavy atom. The smallest absolute Gasteiger partial charge is 0.143 e. The summed E-state index contributed by atoms with van der Waals surface area (Å²) in [5.74, 6) is 0.758. The fraction of sp³-hybridized carbons (Fsp3) is 0.211. The summed E-state index contributed by atoms with van der Waals surface area (Å²) in [5.41, 5.74) is 2.38. The summed E-state index contributed by atoms with van der Waals surface area (Å²) in [4.78, 5) is 9.70. The van der Waals surface area contributed by atoms with Crippen molar-refractivity contribution < 1.29 is 9.57 Å². The summed E-state index contributed by atoms with van der Waals surface area (Å²) in [6, 6.07) is 12.7. The Morgan fingerprint density at radius 1 is 1.22 bits per heavy atom. The Kier molecular flexibility index (Phi) is 5.01. The normalized spacial score (nSPS) is 20.2. The van der Waals surface area contributed by atoms with Crippen LogP contribution in [0.25, 0.3) is 0 Å². The third-order valence-electron chi connectivity index (χ3n) is 4.32. The number of halogens is 2. The summed E-state index contributed by atoms with van der Waals surface area (Å²) in [7, 11) is 0. The predicted molar refractivity (Wildman–Crippen MR) is 103 cm³/mol. The van der Waals surface area contributed by atoms with Crippen molar-refractivity contribution in [1.82, 2.24) is 14.8 Å². The number of hydrogen-bond acceptors (Lipinski definition) is 5. The van der Waals surface area contributed by atoms with Crippen LogP contribution in [0, 0.1) is 0 Å². The van der Waals surface area contributed by atoms with Gasteiger partial charge in [0.25, 0.3) is 0 Å². The molecular formula is C19H16Cl2N4O2. The van der Waals surface area contributed by atoms with Crippen molar-refractivity contribution in [3.63, 3.8) is 0 Å². The molecule has 0 saturated heterocycles. The quantitative estimate of drug-likeness (QED) is 0.601. The van der Waals surface area contributed by atoms with Crippen LogP contribution in [-0.2, 0) is 11.4 Å². The molecule has 0 N–H and O–H groups in total. The van der Waals surface area contributed by atoms with E-state index in [2.05, 4.69) is 15.2 Å².